The summed E-state index contributed by atoms with van der Waals surface area (Å²) in [5.74, 6) is 0.304. The van der Waals surface area contributed by atoms with Crippen LogP contribution in [0.1, 0.15) is 27.4 Å². The second-order valence-electron chi connectivity index (χ2n) is 5.30. The van der Waals surface area contributed by atoms with Crippen LogP contribution in [0, 0.1) is 6.92 Å². The molecule has 2 aromatic rings. The van der Waals surface area contributed by atoms with Gasteiger partial charge in [-0.3, -0.25) is 4.79 Å². The first-order chi connectivity index (χ1) is 11.3. The van der Waals surface area contributed by atoms with E-state index in [9.17, 15) is 9.59 Å². The van der Waals surface area contributed by atoms with Crippen molar-refractivity contribution in [3.63, 3.8) is 0 Å². The minimum Gasteiger partial charge on any atom is -0.465 e. The van der Waals surface area contributed by atoms with Crippen LogP contribution in [0.15, 0.2) is 28.7 Å². The number of likely N-dealkylation sites (N-methyl/N-ethyl adjacent to an activating group) is 1. The summed E-state index contributed by atoms with van der Waals surface area (Å²) >= 11 is 12.2. The molecule has 0 aliphatic heterocycles. The summed E-state index contributed by atoms with van der Waals surface area (Å²) in [6.45, 7) is 1.89. The van der Waals surface area contributed by atoms with E-state index in [1.54, 1.807) is 38.2 Å². The summed E-state index contributed by atoms with van der Waals surface area (Å²) in [5, 5.41) is 0.900. The summed E-state index contributed by atoms with van der Waals surface area (Å²) in [4.78, 5) is 25.5. The molecule has 0 aliphatic carbocycles. The number of benzene rings is 1. The predicted octanol–water partition coefficient (Wildman–Crippen LogP) is 3.88. The number of carbonyl (C=O) groups is 2. The summed E-state index contributed by atoms with van der Waals surface area (Å²) in [5.41, 5.74) is 0.936. The highest BCUT2D eigenvalue weighted by Gasteiger charge is 2.19. The number of halogens is 2. The zero-order chi connectivity index (χ0) is 17.9. The number of rotatable bonds is 5. The third-order valence-electron chi connectivity index (χ3n) is 3.58. The van der Waals surface area contributed by atoms with Crippen LogP contribution in [-0.2, 0) is 22.5 Å². The summed E-state index contributed by atoms with van der Waals surface area (Å²) in [6.07, 6.45) is 0.0819. The Morgan fingerprint density at radius 2 is 1.88 bits per heavy atom. The van der Waals surface area contributed by atoms with Crippen LogP contribution in [0.25, 0.3) is 0 Å². The maximum atomic E-state index is 12.4. The third kappa shape index (κ3) is 4.10. The van der Waals surface area contributed by atoms with Gasteiger partial charge in [-0.15, -0.1) is 0 Å². The van der Waals surface area contributed by atoms with Crippen molar-refractivity contribution in [2.45, 2.75) is 19.9 Å². The summed E-state index contributed by atoms with van der Waals surface area (Å²) in [7, 11) is 2.94. The van der Waals surface area contributed by atoms with Gasteiger partial charge in [-0.25, -0.2) is 4.79 Å². The Hall–Kier alpha value is -1.98. The fraction of sp³-hybridized carbons (Fsp3) is 0.294. The number of methoxy groups -OCH3 is 1. The normalized spacial score (nSPS) is 10.5. The fourth-order valence-corrected chi connectivity index (χ4v) is 2.77. The van der Waals surface area contributed by atoms with E-state index in [4.69, 9.17) is 27.6 Å². The minimum absolute atomic E-state index is 0.0819. The molecule has 0 saturated heterocycles. The highest BCUT2D eigenvalue weighted by Crippen LogP contribution is 2.25. The topological polar surface area (TPSA) is 59.8 Å². The lowest BCUT2D eigenvalue weighted by atomic mass is 10.1. The second-order valence-corrected chi connectivity index (χ2v) is 6.12. The molecular weight excluding hydrogens is 353 g/mol. The minimum atomic E-state index is -0.473. The molecule has 128 valence electrons. The van der Waals surface area contributed by atoms with Gasteiger partial charge in [0.1, 0.15) is 17.1 Å². The van der Waals surface area contributed by atoms with Crippen LogP contribution in [0.4, 0.5) is 0 Å². The average molecular weight is 370 g/mol. The molecule has 24 heavy (non-hydrogen) atoms. The first kappa shape index (κ1) is 18.4. The molecule has 1 aromatic heterocycles. The number of amides is 1. The van der Waals surface area contributed by atoms with Gasteiger partial charge in [0.25, 0.3) is 0 Å². The standard InChI is InChI=1S/C17H17Cl2NO4/c1-10-12(17(22)23-3)7-11(24-10)9-20(2)16(21)8-13-14(18)5-4-6-15(13)19/h4-7H,8-9H2,1-3H3. The Labute approximate surface area is 150 Å². The quantitative estimate of drug-likeness (QED) is 0.750. The highest BCUT2D eigenvalue weighted by atomic mass is 35.5. The smallest absolute Gasteiger partial charge is 0.341 e. The zero-order valence-corrected chi connectivity index (χ0v) is 15.1. The second kappa shape index (κ2) is 7.73. The van der Waals surface area contributed by atoms with E-state index in [2.05, 4.69) is 4.74 Å². The Bertz CT molecular complexity index is 750. The lowest BCUT2D eigenvalue weighted by Crippen LogP contribution is -2.27. The van der Waals surface area contributed by atoms with E-state index in [0.717, 1.165) is 0 Å². The molecule has 7 heteroatoms. The van der Waals surface area contributed by atoms with Gasteiger partial charge in [0.05, 0.1) is 20.1 Å². The Morgan fingerprint density at radius 3 is 2.46 bits per heavy atom. The van der Waals surface area contributed by atoms with Crippen molar-refractivity contribution >= 4 is 35.1 Å². The summed E-state index contributed by atoms with van der Waals surface area (Å²) < 4.78 is 10.2. The van der Waals surface area contributed by atoms with Crippen molar-refractivity contribution in [1.82, 2.24) is 4.90 Å². The molecule has 0 bridgehead atoms. The maximum Gasteiger partial charge on any atom is 0.341 e. The number of hydrogen-bond acceptors (Lipinski definition) is 4. The highest BCUT2D eigenvalue weighted by molar-refractivity contribution is 6.36. The summed E-state index contributed by atoms with van der Waals surface area (Å²) in [6, 6.07) is 6.68. The van der Waals surface area contributed by atoms with Gasteiger partial charge in [0.15, 0.2) is 0 Å². The first-order valence-corrected chi connectivity index (χ1v) is 7.93. The average Bonchev–Trinajstić information content (AvgIpc) is 2.90. The first-order valence-electron chi connectivity index (χ1n) is 7.18. The number of furan rings is 1. The Kier molecular flexibility index (Phi) is 5.91. The molecule has 0 unspecified atom stereocenters. The molecule has 0 N–H and O–H groups in total. The third-order valence-corrected chi connectivity index (χ3v) is 4.29. The monoisotopic (exact) mass is 369 g/mol. The largest absolute Gasteiger partial charge is 0.465 e. The molecule has 0 aliphatic rings. The van der Waals surface area contributed by atoms with Crippen LogP contribution in [0.2, 0.25) is 10.0 Å². The zero-order valence-electron chi connectivity index (χ0n) is 13.6. The number of aryl methyl sites for hydroxylation is 1. The van der Waals surface area contributed by atoms with Gasteiger partial charge in [-0.05, 0) is 30.7 Å². The molecule has 2 rings (SSSR count). The number of esters is 1. The van der Waals surface area contributed by atoms with Crippen molar-refractivity contribution in [3.8, 4) is 0 Å². The van der Waals surface area contributed by atoms with Crippen LogP contribution in [0.3, 0.4) is 0 Å². The van der Waals surface area contributed by atoms with Crippen molar-refractivity contribution < 1.29 is 18.7 Å². The van der Waals surface area contributed by atoms with E-state index >= 15 is 0 Å². The van der Waals surface area contributed by atoms with E-state index in [-0.39, 0.29) is 18.9 Å². The van der Waals surface area contributed by atoms with E-state index in [1.807, 2.05) is 0 Å². The molecular formula is C17H17Cl2NO4. The maximum absolute atomic E-state index is 12.4. The van der Waals surface area contributed by atoms with Crippen molar-refractivity contribution in [1.29, 1.82) is 0 Å². The van der Waals surface area contributed by atoms with Gasteiger partial charge in [-0.1, -0.05) is 29.3 Å². The van der Waals surface area contributed by atoms with E-state index in [1.165, 1.54) is 12.0 Å². The molecule has 0 spiro atoms. The number of carbonyl (C=O) groups excluding carboxylic acids is 2. The molecule has 0 saturated carbocycles. The van der Waals surface area contributed by atoms with Gasteiger partial charge in [0, 0.05) is 17.1 Å². The van der Waals surface area contributed by atoms with Gasteiger partial charge < -0.3 is 14.1 Å². The number of nitrogens with zero attached hydrogens (tertiary/aromatic N) is 1. The van der Waals surface area contributed by atoms with Crippen LogP contribution in [0.5, 0.6) is 0 Å². The van der Waals surface area contributed by atoms with E-state index in [0.29, 0.717) is 32.7 Å². The molecule has 1 amide bonds. The van der Waals surface area contributed by atoms with Gasteiger partial charge >= 0.3 is 5.97 Å². The van der Waals surface area contributed by atoms with Crippen molar-refractivity contribution in [3.05, 3.63) is 57.0 Å². The van der Waals surface area contributed by atoms with Gasteiger partial charge in [-0.2, -0.15) is 0 Å². The van der Waals surface area contributed by atoms with Crippen LogP contribution >= 0.6 is 23.2 Å². The SMILES string of the molecule is COC(=O)c1cc(CN(C)C(=O)Cc2c(Cl)cccc2Cl)oc1C. The molecule has 1 heterocycles. The molecule has 1 aromatic carbocycles. The lowest BCUT2D eigenvalue weighted by molar-refractivity contribution is -0.129. The van der Waals surface area contributed by atoms with Crippen molar-refractivity contribution in [2.24, 2.45) is 0 Å². The number of ether oxygens (including phenoxy) is 1. The Morgan fingerprint density at radius 1 is 1.25 bits per heavy atom. The van der Waals surface area contributed by atoms with Crippen molar-refractivity contribution in [2.75, 3.05) is 14.2 Å². The fourth-order valence-electron chi connectivity index (χ4n) is 2.24. The number of hydrogen-bond donors (Lipinski definition) is 0. The van der Waals surface area contributed by atoms with Gasteiger partial charge in [0.2, 0.25) is 5.91 Å². The molecule has 0 fully saturated rings. The predicted molar refractivity (Wildman–Crippen MR) is 91.4 cm³/mol. The Balaban J connectivity index is 2.08. The van der Waals surface area contributed by atoms with Crippen LogP contribution in [-0.4, -0.2) is 30.9 Å². The van der Waals surface area contributed by atoms with E-state index < -0.39 is 5.97 Å². The lowest BCUT2D eigenvalue weighted by Gasteiger charge is -2.16. The van der Waals surface area contributed by atoms with Crippen LogP contribution < -0.4 is 0 Å². The molecule has 0 radical (unpaired) electrons. The molecule has 5 nitrogen and oxygen atoms in total. The molecule has 0 atom stereocenters.